The Hall–Kier alpha value is -1.92. The molecule has 1 aromatic rings. The first-order valence-corrected chi connectivity index (χ1v) is 9.64. The molecular formula is C20H26ClN3O3. The Balaban J connectivity index is 0.00000210. The van der Waals surface area contributed by atoms with Crippen molar-refractivity contribution in [1.29, 1.82) is 0 Å². The van der Waals surface area contributed by atoms with Crippen molar-refractivity contribution in [3.05, 3.63) is 34.9 Å². The highest BCUT2D eigenvalue weighted by atomic mass is 35.5. The maximum absolute atomic E-state index is 12.6. The zero-order valence-corrected chi connectivity index (χ0v) is 16.3. The van der Waals surface area contributed by atoms with Crippen molar-refractivity contribution in [3.63, 3.8) is 0 Å². The van der Waals surface area contributed by atoms with Gasteiger partial charge in [-0.3, -0.25) is 19.3 Å². The normalized spacial score (nSPS) is 26.0. The van der Waals surface area contributed by atoms with Crippen molar-refractivity contribution in [1.82, 2.24) is 15.5 Å². The van der Waals surface area contributed by atoms with Crippen molar-refractivity contribution in [2.45, 2.75) is 63.6 Å². The Kier molecular flexibility index (Phi) is 5.86. The van der Waals surface area contributed by atoms with Crippen LogP contribution in [0.5, 0.6) is 0 Å². The topological polar surface area (TPSA) is 78.5 Å². The summed E-state index contributed by atoms with van der Waals surface area (Å²) in [6, 6.07) is 6.02. The van der Waals surface area contributed by atoms with E-state index in [1.165, 1.54) is 17.7 Å². The molecule has 0 aliphatic carbocycles. The summed E-state index contributed by atoms with van der Waals surface area (Å²) < 4.78 is 0. The highest BCUT2D eigenvalue weighted by Gasteiger charge is 2.36. The number of carbonyl (C=O) groups excluding carboxylic acids is 3. The highest BCUT2D eigenvalue weighted by Crippen LogP contribution is 2.28. The second kappa shape index (κ2) is 7.98. The van der Waals surface area contributed by atoms with Crippen molar-refractivity contribution in [2.24, 2.45) is 0 Å². The first-order valence-electron chi connectivity index (χ1n) is 9.64. The van der Waals surface area contributed by atoms with Gasteiger partial charge in [-0.1, -0.05) is 13.3 Å². The summed E-state index contributed by atoms with van der Waals surface area (Å²) in [5, 5.41) is 6.67. The lowest BCUT2D eigenvalue weighted by Crippen LogP contribution is -2.48. The first kappa shape index (κ1) is 19.8. The summed E-state index contributed by atoms with van der Waals surface area (Å²) in [5.74, 6) is -0.695. The number of carbonyl (C=O) groups is 3. The molecule has 1 aromatic carbocycles. The molecule has 2 N–H and O–H groups in total. The summed E-state index contributed by atoms with van der Waals surface area (Å²) in [5.41, 5.74) is 1.21. The van der Waals surface area contributed by atoms with Crippen LogP contribution in [0.25, 0.3) is 0 Å². The van der Waals surface area contributed by atoms with Gasteiger partial charge in [-0.25, -0.2) is 0 Å². The molecular weight excluding hydrogens is 366 g/mol. The van der Waals surface area contributed by atoms with Crippen LogP contribution in [0.1, 0.15) is 76.5 Å². The Bertz CT molecular complexity index is 755. The standard InChI is InChI=1S/C20H25N3O3.ClH/c1-2-3-8-23-19(25)16-7-4-12(9-17(16)20(23)26)18(24)22-15-10-13-5-6-14(11-15)21-13;/h4,7,9,13-15,21H,2-3,5-6,8,10-11H2,1H3,(H,22,24);1H. The van der Waals surface area contributed by atoms with Crippen LogP contribution in [-0.4, -0.2) is 47.3 Å². The fourth-order valence-electron chi connectivity index (χ4n) is 4.40. The number of piperidine rings is 1. The number of imide groups is 1. The summed E-state index contributed by atoms with van der Waals surface area (Å²) in [6.45, 7) is 2.45. The lowest BCUT2D eigenvalue weighted by molar-refractivity contribution is 0.0652. The number of nitrogens with one attached hydrogen (secondary N) is 2. The number of amides is 3. The Labute approximate surface area is 165 Å². The van der Waals surface area contributed by atoms with Gasteiger partial charge in [-0.2, -0.15) is 0 Å². The van der Waals surface area contributed by atoms with Gasteiger partial charge in [0.25, 0.3) is 17.7 Å². The van der Waals surface area contributed by atoms with E-state index in [1.54, 1.807) is 18.2 Å². The number of unbranched alkanes of at least 4 members (excludes halogenated alkanes) is 1. The molecule has 4 rings (SSSR count). The van der Waals surface area contributed by atoms with Crippen LogP contribution >= 0.6 is 12.4 Å². The van der Waals surface area contributed by atoms with E-state index in [0.29, 0.717) is 35.3 Å². The van der Waals surface area contributed by atoms with Crippen molar-refractivity contribution < 1.29 is 14.4 Å². The van der Waals surface area contributed by atoms with Gasteiger partial charge in [0.05, 0.1) is 11.1 Å². The van der Waals surface area contributed by atoms with Gasteiger partial charge >= 0.3 is 0 Å². The summed E-state index contributed by atoms with van der Waals surface area (Å²) in [6.07, 6.45) is 5.97. The molecule has 0 spiro atoms. The molecule has 146 valence electrons. The molecule has 0 radical (unpaired) electrons. The van der Waals surface area contributed by atoms with E-state index in [2.05, 4.69) is 10.6 Å². The van der Waals surface area contributed by atoms with Gasteiger partial charge in [0.15, 0.2) is 0 Å². The Morgan fingerprint density at radius 1 is 1.15 bits per heavy atom. The van der Waals surface area contributed by atoms with E-state index < -0.39 is 0 Å². The highest BCUT2D eigenvalue weighted by molar-refractivity contribution is 6.22. The van der Waals surface area contributed by atoms with E-state index in [1.807, 2.05) is 6.92 Å². The number of fused-ring (bicyclic) bond motifs is 3. The molecule has 0 aromatic heterocycles. The van der Waals surface area contributed by atoms with Crippen molar-refractivity contribution in [2.75, 3.05) is 6.54 Å². The first-order chi connectivity index (χ1) is 12.6. The van der Waals surface area contributed by atoms with Gasteiger partial charge in [0, 0.05) is 30.2 Å². The van der Waals surface area contributed by atoms with Gasteiger partial charge in [0.1, 0.15) is 0 Å². The van der Waals surface area contributed by atoms with Gasteiger partial charge in [-0.15, -0.1) is 12.4 Å². The van der Waals surface area contributed by atoms with Gasteiger partial charge in [-0.05, 0) is 50.3 Å². The maximum Gasteiger partial charge on any atom is 0.261 e. The number of hydrogen-bond donors (Lipinski definition) is 2. The fraction of sp³-hybridized carbons (Fsp3) is 0.550. The van der Waals surface area contributed by atoms with Crippen LogP contribution in [0.15, 0.2) is 18.2 Å². The van der Waals surface area contributed by atoms with Crippen LogP contribution in [0, 0.1) is 0 Å². The molecule has 2 atom stereocenters. The molecule has 2 fully saturated rings. The lowest BCUT2D eigenvalue weighted by atomic mass is 9.99. The number of nitrogens with zero attached hydrogens (tertiary/aromatic N) is 1. The summed E-state index contributed by atoms with van der Waals surface area (Å²) in [4.78, 5) is 38.9. The fourth-order valence-corrected chi connectivity index (χ4v) is 4.40. The van der Waals surface area contributed by atoms with Gasteiger partial charge < -0.3 is 10.6 Å². The molecule has 2 bridgehead atoms. The maximum atomic E-state index is 12.6. The largest absolute Gasteiger partial charge is 0.349 e. The van der Waals surface area contributed by atoms with Crippen molar-refractivity contribution in [3.8, 4) is 0 Å². The van der Waals surface area contributed by atoms with Crippen LogP contribution in [0.3, 0.4) is 0 Å². The molecule has 6 nitrogen and oxygen atoms in total. The second-order valence-electron chi connectivity index (χ2n) is 7.66. The molecule has 3 aliphatic heterocycles. The second-order valence-corrected chi connectivity index (χ2v) is 7.66. The van der Waals surface area contributed by atoms with E-state index in [0.717, 1.165) is 25.7 Å². The third-order valence-electron chi connectivity index (χ3n) is 5.78. The molecule has 2 unspecified atom stereocenters. The van der Waals surface area contributed by atoms with E-state index >= 15 is 0 Å². The SMILES string of the molecule is CCCCN1C(=O)c2ccc(C(=O)NC3CC4CCC(C3)N4)cc2C1=O.Cl. The third kappa shape index (κ3) is 3.73. The molecule has 7 heteroatoms. The number of hydrogen-bond acceptors (Lipinski definition) is 4. The lowest BCUT2D eigenvalue weighted by Gasteiger charge is -2.29. The number of halogens is 1. The average Bonchev–Trinajstić information content (AvgIpc) is 3.10. The minimum Gasteiger partial charge on any atom is -0.349 e. The third-order valence-corrected chi connectivity index (χ3v) is 5.78. The Morgan fingerprint density at radius 3 is 2.48 bits per heavy atom. The monoisotopic (exact) mass is 391 g/mol. The number of benzene rings is 1. The smallest absolute Gasteiger partial charge is 0.261 e. The predicted octanol–water partition coefficient (Wildman–Crippen LogP) is 2.52. The van der Waals surface area contributed by atoms with E-state index in [9.17, 15) is 14.4 Å². The molecule has 0 saturated carbocycles. The van der Waals surface area contributed by atoms with Crippen LogP contribution < -0.4 is 10.6 Å². The zero-order chi connectivity index (χ0) is 18.3. The van der Waals surface area contributed by atoms with Crippen LogP contribution in [-0.2, 0) is 0 Å². The minimum absolute atomic E-state index is 0. The minimum atomic E-state index is -0.284. The van der Waals surface area contributed by atoms with E-state index in [-0.39, 0.29) is 36.2 Å². The molecule has 3 aliphatic rings. The summed E-state index contributed by atoms with van der Waals surface area (Å²) >= 11 is 0. The molecule has 27 heavy (non-hydrogen) atoms. The Morgan fingerprint density at radius 2 is 1.81 bits per heavy atom. The molecule has 2 saturated heterocycles. The quantitative estimate of drug-likeness (QED) is 0.756. The predicted molar refractivity (Wildman–Crippen MR) is 104 cm³/mol. The number of rotatable bonds is 5. The van der Waals surface area contributed by atoms with Crippen LogP contribution in [0.2, 0.25) is 0 Å². The van der Waals surface area contributed by atoms with Crippen LogP contribution in [0.4, 0.5) is 0 Å². The molecule has 3 heterocycles. The zero-order valence-electron chi connectivity index (χ0n) is 15.5. The van der Waals surface area contributed by atoms with E-state index in [4.69, 9.17) is 0 Å². The summed E-state index contributed by atoms with van der Waals surface area (Å²) in [7, 11) is 0. The van der Waals surface area contributed by atoms with Crippen molar-refractivity contribution >= 4 is 30.1 Å². The average molecular weight is 392 g/mol. The van der Waals surface area contributed by atoms with Gasteiger partial charge in [0.2, 0.25) is 0 Å². The molecule has 3 amide bonds.